The van der Waals surface area contributed by atoms with Crippen LogP contribution >= 0.6 is 11.8 Å². The van der Waals surface area contributed by atoms with E-state index < -0.39 is 0 Å². The molecular weight excluding hydrogens is 272 g/mol. The molecule has 0 bridgehead atoms. The topological polar surface area (TPSA) is 0 Å². The largest absolute Gasteiger partial charge is 0.130 e. The third-order valence-corrected chi connectivity index (χ3v) is 4.28. The van der Waals surface area contributed by atoms with Crippen molar-refractivity contribution in [2.75, 3.05) is 6.26 Å². The summed E-state index contributed by atoms with van der Waals surface area (Å²) < 4.78 is 0. The second-order valence-corrected chi connectivity index (χ2v) is 5.82. The summed E-state index contributed by atoms with van der Waals surface area (Å²) in [6.07, 6.45) is 11.8. The molecule has 2 aromatic carbocycles. The van der Waals surface area contributed by atoms with E-state index in [4.69, 9.17) is 0 Å². The summed E-state index contributed by atoms with van der Waals surface area (Å²) in [6, 6.07) is 15.3. The lowest BCUT2D eigenvalue weighted by Gasteiger charge is -2.09. The molecule has 21 heavy (non-hydrogen) atoms. The predicted molar refractivity (Wildman–Crippen MR) is 96.9 cm³/mol. The monoisotopic (exact) mass is 294 g/mol. The van der Waals surface area contributed by atoms with Gasteiger partial charge in [0.15, 0.2) is 0 Å². The highest BCUT2D eigenvalue weighted by molar-refractivity contribution is 7.98. The molecule has 0 aromatic heterocycles. The van der Waals surface area contributed by atoms with Gasteiger partial charge >= 0.3 is 0 Å². The lowest BCUT2D eigenvalue weighted by atomic mass is 9.96. The number of hydrogen-bond donors (Lipinski definition) is 0. The van der Waals surface area contributed by atoms with E-state index in [2.05, 4.69) is 86.9 Å². The van der Waals surface area contributed by atoms with Crippen molar-refractivity contribution >= 4 is 17.8 Å². The maximum absolute atomic E-state index is 2.21. The molecule has 0 spiro atoms. The molecule has 0 saturated heterocycles. The predicted octanol–water partition coefficient (Wildman–Crippen LogP) is 6.36. The van der Waals surface area contributed by atoms with Gasteiger partial charge in [0.25, 0.3) is 0 Å². The van der Waals surface area contributed by atoms with Crippen molar-refractivity contribution in [2.24, 2.45) is 0 Å². The molecule has 0 radical (unpaired) electrons. The van der Waals surface area contributed by atoms with E-state index in [0.29, 0.717) is 0 Å². The number of benzene rings is 2. The van der Waals surface area contributed by atoms with Crippen molar-refractivity contribution in [1.82, 2.24) is 0 Å². The summed E-state index contributed by atoms with van der Waals surface area (Å²) >= 11 is 1.78. The zero-order valence-electron chi connectivity index (χ0n) is 13.0. The Hall–Kier alpha value is -1.73. The Morgan fingerprint density at radius 3 is 2.43 bits per heavy atom. The molecule has 0 aliphatic heterocycles. The van der Waals surface area contributed by atoms with Crippen LogP contribution in [0.3, 0.4) is 0 Å². The van der Waals surface area contributed by atoms with Crippen LogP contribution in [0, 0.1) is 6.92 Å². The first-order valence-corrected chi connectivity index (χ1v) is 8.56. The number of thioether (sulfide) groups is 1. The third-order valence-electron chi connectivity index (χ3n) is 3.54. The smallest absolute Gasteiger partial charge is 0.00695 e. The summed E-state index contributed by atoms with van der Waals surface area (Å²) in [7, 11) is 0. The van der Waals surface area contributed by atoms with Crippen LogP contribution in [0.5, 0.6) is 0 Å². The van der Waals surface area contributed by atoms with E-state index in [1.807, 2.05) is 0 Å². The highest BCUT2D eigenvalue weighted by Gasteiger charge is 2.04. The summed E-state index contributed by atoms with van der Waals surface area (Å²) in [5, 5.41) is 0. The first kappa shape index (κ1) is 15.7. The van der Waals surface area contributed by atoms with Gasteiger partial charge in [-0.25, -0.2) is 0 Å². The van der Waals surface area contributed by atoms with Crippen LogP contribution in [0.1, 0.15) is 24.5 Å². The number of rotatable bonds is 5. The maximum atomic E-state index is 2.21. The standard InChI is InChI=1S/C20H22S/c1-4-5-6-7-9-17-10-8-11-20(16(17)2)18-12-14-19(21-3)15-13-18/h5-15H,4H2,1-3H3/b6-5+,9-7+. The summed E-state index contributed by atoms with van der Waals surface area (Å²) in [6.45, 7) is 4.34. The summed E-state index contributed by atoms with van der Waals surface area (Å²) in [5.41, 5.74) is 5.20. The van der Waals surface area contributed by atoms with Crippen molar-refractivity contribution in [3.8, 4) is 11.1 Å². The molecule has 0 fully saturated rings. The van der Waals surface area contributed by atoms with Crippen molar-refractivity contribution in [2.45, 2.75) is 25.2 Å². The minimum absolute atomic E-state index is 1.07. The average molecular weight is 294 g/mol. The quantitative estimate of drug-likeness (QED) is 0.456. The van der Waals surface area contributed by atoms with Gasteiger partial charge in [-0.2, -0.15) is 0 Å². The number of hydrogen-bond acceptors (Lipinski definition) is 1. The molecular formula is C20H22S. The van der Waals surface area contributed by atoms with E-state index in [9.17, 15) is 0 Å². The van der Waals surface area contributed by atoms with Crippen LogP contribution in [0.15, 0.2) is 65.6 Å². The van der Waals surface area contributed by atoms with Gasteiger partial charge in [0.2, 0.25) is 0 Å². The Bertz CT molecular complexity index is 633. The van der Waals surface area contributed by atoms with Crippen LogP contribution in [-0.2, 0) is 0 Å². The fourth-order valence-electron chi connectivity index (χ4n) is 2.29. The van der Waals surface area contributed by atoms with Gasteiger partial charge in [0.05, 0.1) is 0 Å². The van der Waals surface area contributed by atoms with Gasteiger partial charge in [-0.1, -0.05) is 61.6 Å². The van der Waals surface area contributed by atoms with Crippen LogP contribution in [0.4, 0.5) is 0 Å². The van der Waals surface area contributed by atoms with E-state index in [1.54, 1.807) is 11.8 Å². The number of allylic oxidation sites excluding steroid dienone is 3. The average Bonchev–Trinajstić information content (AvgIpc) is 2.53. The summed E-state index contributed by atoms with van der Waals surface area (Å²) in [4.78, 5) is 1.30. The fourth-order valence-corrected chi connectivity index (χ4v) is 2.70. The fraction of sp³-hybridized carbons (Fsp3) is 0.200. The summed E-state index contributed by atoms with van der Waals surface area (Å²) in [5.74, 6) is 0. The Kier molecular flexibility index (Phi) is 5.89. The van der Waals surface area contributed by atoms with Crippen molar-refractivity contribution in [3.63, 3.8) is 0 Å². The van der Waals surface area contributed by atoms with Crippen molar-refractivity contribution < 1.29 is 0 Å². The van der Waals surface area contributed by atoms with E-state index in [-0.39, 0.29) is 0 Å². The van der Waals surface area contributed by atoms with Gasteiger partial charge < -0.3 is 0 Å². The zero-order chi connectivity index (χ0) is 15.1. The third kappa shape index (κ3) is 4.12. The van der Waals surface area contributed by atoms with Gasteiger partial charge in [-0.15, -0.1) is 11.8 Å². The molecule has 0 N–H and O–H groups in total. The minimum atomic E-state index is 1.07. The molecule has 2 rings (SSSR count). The molecule has 0 heterocycles. The molecule has 2 aromatic rings. The Morgan fingerprint density at radius 2 is 1.76 bits per heavy atom. The second kappa shape index (κ2) is 7.90. The highest BCUT2D eigenvalue weighted by atomic mass is 32.2. The molecule has 0 aliphatic rings. The lowest BCUT2D eigenvalue weighted by Crippen LogP contribution is -1.87. The molecule has 0 unspecified atom stereocenters. The van der Waals surface area contributed by atoms with Crippen LogP contribution in [0.2, 0.25) is 0 Å². The van der Waals surface area contributed by atoms with Gasteiger partial charge in [0, 0.05) is 4.90 Å². The van der Waals surface area contributed by atoms with Gasteiger partial charge in [-0.3, -0.25) is 0 Å². The molecule has 0 atom stereocenters. The lowest BCUT2D eigenvalue weighted by molar-refractivity contribution is 1.22. The SMILES string of the molecule is CC/C=C/C=C/c1cccc(-c2ccc(SC)cc2)c1C. The molecule has 0 saturated carbocycles. The molecule has 1 heteroatoms. The maximum Gasteiger partial charge on any atom is 0.00695 e. The van der Waals surface area contributed by atoms with Crippen LogP contribution in [0.25, 0.3) is 17.2 Å². The van der Waals surface area contributed by atoms with E-state index in [0.717, 1.165) is 6.42 Å². The zero-order valence-corrected chi connectivity index (χ0v) is 13.8. The van der Waals surface area contributed by atoms with Crippen LogP contribution < -0.4 is 0 Å². The Morgan fingerprint density at radius 1 is 1.00 bits per heavy atom. The van der Waals surface area contributed by atoms with Crippen molar-refractivity contribution in [3.05, 3.63) is 71.8 Å². The first-order valence-electron chi connectivity index (χ1n) is 7.33. The van der Waals surface area contributed by atoms with Gasteiger partial charge in [0.1, 0.15) is 0 Å². The van der Waals surface area contributed by atoms with Crippen LogP contribution in [-0.4, -0.2) is 6.26 Å². The van der Waals surface area contributed by atoms with E-state index in [1.165, 1.54) is 27.1 Å². The molecule has 0 amide bonds. The Balaban J connectivity index is 2.32. The first-order chi connectivity index (χ1) is 10.3. The van der Waals surface area contributed by atoms with Gasteiger partial charge in [-0.05, 0) is 54.0 Å². The molecule has 0 aliphatic carbocycles. The molecule has 0 nitrogen and oxygen atoms in total. The normalized spacial score (nSPS) is 11.6. The van der Waals surface area contributed by atoms with Crippen molar-refractivity contribution in [1.29, 1.82) is 0 Å². The Labute approximate surface area is 132 Å². The highest BCUT2D eigenvalue weighted by Crippen LogP contribution is 2.28. The van der Waals surface area contributed by atoms with E-state index >= 15 is 0 Å². The molecule has 108 valence electrons. The second-order valence-electron chi connectivity index (χ2n) is 4.94. The minimum Gasteiger partial charge on any atom is -0.130 e.